The minimum absolute atomic E-state index is 0.0274. The maximum absolute atomic E-state index is 12.2. The van der Waals surface area contributed by atoms with Gasteiger partial charge in [-0.25, -0.2) is 8.42 Å². The molecule has 20 heavy (non-hydrogen) atoms. The van der Waals surface area contributed by atoms with Gasteiger partial charge in [0.2, 0.25) is 15.9 Å². The standard InChI is InChI=1S/C14H22N2O3S/c1-5-13(14(17)15-10(2)3)16-20(18,19)12-8-6-11(4)7-9-12/h6-10,13,16H,5H2,1-4H3,(H,15,17)/t13-/m0/s1. The number of sulfonamides is 1. The molecular weight excluding hydrogens is 276 g/mol. The molecule has 1 amide bonds. The van der Waals surface area contributed by atoms with E-state index in [4.69, 9.17) is 0 Å². The van der Waals surface area contributed by atoms with Gasteiger partial charge in [0.25, 0.3) is 0 Å². The molecule has 0 aliphatic heterocycles. The highest BCUT2D eigenvalue weighted by atomic mass is 32.2. The smallest absolute Gasteiger partial charge is 0.241 e. The van der Waals surface area contributed by atoms with E-state index < -0.39 is 16.1 Å². The van der Waals surface area contributed by atoms with Gasteiger partial charge in [-0.05, 0) is 39.3 Å². The quantitative estimate of drug-likeness (QED) is 0.837. The molecule has 0 radical (unpaired) electrons. The summed E-state index contributed by atoms with van der Waals surface area (Å²) in [5.74, 6) is -0.307. The summed E-state index contributed by atoms with van der Waals surface area (Å²) in [5.41, 5.74) is 0.980. The number of rotatable bonds is 6. The normalized spacial score (nSPS) is 13.2. The molecule has 6 heteroatoms. The van der Waals surface area contributed by atoms with Gasteiger partial charge in [-0.3, -0.25) is 4.79 Å². The molecule has 1 aromatic rings. The van der Waals surface area contributed by atoms with Gasteiger partial charge in [-0.1, -0.05) is 24.6 Å². The maximum atomic E-state index is 12.2. The Morgan fingerprint density at radius 3 is 2.20 bits per heavy atom. The summed E-state index contributed by atoms with van der Waals surface area (Å²) in [5, 5.41) is 2.71. The van der Waals surface area contributed by atoms with Crippen molar-refractivity contribution in [2.24, 2.45) is 0 Å². The molecule has 112 valence electrons. The summed E-state index contributed by atoms with van der Waals surface area (Å²) in [6, 6.07) is 5.73. The Hall–Kier alpha value is -1.40. The highest BCUT2D eigenvalue weighted by Crippen LogP contribution is 2.11. The average Bonchev–Trinajstić information content (AvgIpc) is 2.35. The third-order valence-electron chi connectivity index (χ3n) is 2.78. The molecule has 0 unspecified atom stereocenters. The molecule has 0 aliphatic carbocycles. The van der Waals surface area contributed by atoms with Gasteiger partial charge < -0.3 is 5.32 Å². The van der Waals surface area contributed by atoms with Crippen LogP contribution in [0.5, 0.6) is 0 Å². The molecule has 1 aromatic carbocycles. The lowest BCUT2D eigenvalue weighted by atomic mass is 10.2. The van der Waals surface area contributed by atoms with Crippen LogP contribution in [-0.2, 0) is 14.8 Å². The van der Waals surface area contributed by atoms with Crippen molar-refractivity contribution in [2.75, 3.05) is 0 Å². The van der Waals surface area contributed by atoms with E-state index >= 15 is 0 Å². The Kier molecular flexibility index (Phi) is 5.71. The third-order valence-corrected chi connectivity index (χ3v) is 4.27. The molecule has 2 N–H and O–H groups in total. The first-order chi connectivity index (χ1) is 9.26. The molecule has 0 heterocycles. The first-order valence-corrected chi connectivity index (χ1v) is 8.14. The number of benzene rings is 1. The SMILES string of the molecule is CC[C@H](NS(=O)(=O)c1ccc(C)cc1)C(=O)NC(C)C. The van der Waals surface area contributed by atoms with Crippen LogP contribution in [0.15, 0.2) is 29.2 Å². The van der Waals surface area contributed by atoms with Gasteiger partial charge >= 0.3 is 0 Å². The number of carbonyl (C=O) groups excluding carboxylic acids is 1. The Morgan fingerprint density at radius 2 is 1.75 bits per heavy atom. The molecule has 1 rings (SSSR count). The summed E-state index contributed by atoms with van der Waals surface area (Å²) in [6.07, 6.45) is 0.393. The second-order valence-electron chi connectivity index (χ2n) is 5.06. The largest absolute Gasteiger partial charge is 0.353 e. The first-order valence-electron chi connectivity index (χ1n) is 6.65. The lowest BCUT2D eigenvalue weighted by molar-refractivity contribution is -0.123. The summed E-state index contributed by atoms with van der Waals surface area (Å²) in [6.45, 7) is 7.31. The Balaban J connectivity index is 2.88. The zero-order valence-electron chi connectivity index (χ0n) is 12.3. The fourth-order valence-electron chi connectivity index (χ4n) is 1.68. The van der Waals surface area contributed by atoms with Crippen molar-refractivity contribution >= 4 is 15.9 Å². The van der Waals surface area contributed by atoms with Crippen molar-refractivity contribution in [2.45, 2.75) is 51.1 Å². The molecule has 0 bridgehead atoms. The van der Waals surface area contributed by atoms with Crippen molar-refractivity contribution in [3.8, 4) is 0 Å². The fraction of sp³-hybridized carbons (Fsp3) is 0.500. The van der Waals surface area contributed by atoms with Gasteiger partial charge in [-0.15, -0.1) is 0 Å². The monoisotopic (exact) mass is 298 g/mol. The van der Waals surface area contributed by atoms with Crippen LogP contribution in [0.4, 0.5) is 0 Å². The summed E-state index contributed by atoms with van der Waals surface area (Å²) in [7, 11) is -3.68. The number of hydrogen-bond donors (Lipinski definition) is 2. The molecule has 0 aliphatic rings. The van der Waals surface area contributed by atoms with Crippen LogP contribution in [0.25, 0.3) is 0 Å². The van der Waals surface area contributed by atoms with E-state index in [2.05, 4.69) is 10.0 Å². The predicted octanol–water partition coefficient (Wildman–Crippen LogP) is 1.58. The van der Waals surface area contributed by atoms with Crippen LogP contribution < -0.4 is 10.0 Å². The maximum Gasteiger partial charge on any atom is 0.241 e. The van der Waals surface area contributed by atoms with Crippen LogP contribution in [0.3, 0.4) is 0 Å². The van der Waals surface area contributed by atoms with E-state index in [9.17, 15) is 13.2 Å². The first kappa shape index (κ1) is 16.7. The fourth-order valence-corrected chi connectivity index (χ4v) is 2.96. The highest BCUT2D eigenvalue weighted by Gasteiger charge is 2.24. The second-order valence-corrected chi connectivity index (χ2v) is 6.77. The van der Waals surface area contributed by atoms with Gasteiger partial charge in [-0.2, -0.15) is 4.72 Å². The van der Waals surface area contributed by atoms with E-state index in [0.29, 0.717) is 6.42 Å². The van der Waals surface area contributed by atoms with Crippen molar-refractivity contribution in [1.82, 2.24) is 10.0 Å². The number of nitrogens with one attached hydrogen (secondary N) is 2. The van der Waals surface area contributed by atoms with Crippen molar-refractivity contribution in [3.05, 3.63) is 29.8 Å². The van der Waals surface area contributed by atoms with Crippen LogP contribution in [-0.4, -0.2) is 26.4 Å². The minimum Gasteiger partial charge on any atom is -0.353 e. The Labute approximate surface area is 120 Å². The molecule has 5 nitrogen and oxygen atoms in total. The minimum atomic E-state index is -3.68. The summed E-state index contributed by atoms with van der Waals surface area (Å²) in [4.78, 5) is 12.1. The molecule has 0 saturated carbocycles. The molecule has 0 fully saturated rings. The summed E-state index contributed by atoms with van der Waals surface area (Å²) < 4.78 is 26.9. The number of amides is 1. The van der Waals surface area contributed by atoms with E-state index in [1.807, 2.05) is 20.8 Å². The number of hydrogen-bond acceptors (Lipinski definition) is 3. The van der Waals surface area contributed by atoms with E-state index in [1.54, 1.807) is 19.1 Å². The van der Waals surface area contributed by atoms with E-state index in [1.165, 1.54) is 12.1 Å². The molecular formula is C14H22N2O3S. The topological polar surface area (TPSA) is 75.3 Å². The van der Waals surface area contributed by atoms with Crippen LogP contribution >= 0.6 is 0 Å². The second kappa shape index (κ2) is 6.85. The van der Waals surface area contributed by atoms with Gasteiger partial charge in [0.1, 0.15) is 6.04 Å². The number of carbonyl (C=O) groups is 1. The third kappa shape index (κ3) is 4.61. The Bertz CT molecular complexity index is 550. The zero-order valence-corrected chi connectivity index (χ0v) is 13.1. The van der Waals surface area contributed by atoms with Crippen molar-refractivity contribution < 1.29 is 13.2 Å². The molecule has 0 aromatic heterocycles. The van der Waals surface area contributed by atoms with Gasteiger partial charge in [0, 0.05) is 6.04 Å². The zero-order chi connectivity index (χ0) is 15.3. The summed E-state index contributed by atoms with van der Waals surface area (Å²) >= 11 is 0. The lowest BCUT2D eigenvalue weighted by Crippen LogP contribution is -2.48. The number of aryl methyl sites for hydroxylation is 1. The Morgan fingerprint density at radius 1 is 1.20 bits per heavy atom. The van der Waals surface area contributed by atoms with E-state index in [-0.39, 0.29) is 16.8 Å². The average molecular weight is 298 g/mol. The van der Waals surface area contributed by atoms with Gasteiger partial charge in [0.15, 0.2) is 0 Å². The van der Waals surface area contributed by atoms with Crippen molar-refractivity contribution in [1.29, 1.82) is 0 Å². The van der Waals surface area contributed by atoms with Gasteiger partial charge in [0.05, 0.1) is 4.90 Å². The highest BCUT2D eigenvalue weighted by molar-refractivity contribution is 7.89. The molecule has 1 atom stereocenters. The molecule has 0 spiro atoms. The lowest BCUT2D eigenvalue weighted by Gasteiger charge is -2.18. The van der Waals surface area contributed by atoms with Crippen LogP contribution in [0, 0.1) is 6.92 Å². The van der Waals surface area contributed by atoms with Crippen LogP contribution in [0.2, 0.25) is 0 Å². The van der Waals surface area contributed by atoms with Crippen molar-refractivity contribution in [3.63, 3.8) is 0 Å². The predicted molar refractivity (Wildman–Crippen MR) is 78.9 cm³/mol. The van der Waals surface area contributed by atoms with E-state index in [0.717, 1.165) is 5.56 Å². The van der Waals surface area contributed by atoms with Crippen LogP contribution in [0.1, 0.15) is 32.8 Å². The molecule has 0 saturated heterocycles.